The van der Waals surface area contributed by atoms with E-state index in [9.17, 15) is 18.5 Å². The summed E-state index contributed by atoms with van der Waals surface area (Å²) in [5.41, 5.74) is 0.0768. The predicted molar refractivity (Wildman–Crippen MR) is 81.9 cm³/mol. The second kappa shape index (κ2) is 6.20. The lowest BCUT2D eigenvalue weighted by molar-refractivity contribution is -0.384. The fourth-order valence-corrected chi connectivity index (χ4v) is 3.09. The molecule has 0 bridgehead atoms. The second-order valence-corrected chi connectivity index (χ2v) is 6.30. The molecule has 0 aliphatic carbocycles. The van der Waals surface area contributed by atoms with Gasteiger partial charge in [-0.15, -0.1) is 0 Å². The van der Waals surface area contributed by atoms with Gasteiger partial charge < -0.3 is 4.74 Å². The maximum Gasteiger partial charge on any atom is 0.269 e. The zero-order valence-electron chi connectivity index (χ0n) is 11.3. The number of hydrogen-bond acceptors (Lipinski definition) is 5. The number of benzene rings is 2. The average molecular weight is 343 g/mol. The van der Waals surface area contributed by atoms with Crippen molar-refractivity contribution in [3.8, 4) is 5.75 Å². The van der Waals surface area contributed by atoms with E-state index in [1.807, 2.05) is 0 Å². The summed E-state index contributed by atoms with van der Waals surface area (Å²) in [7, 11) is -2.43. The van der Waals surface area contributed by atoms with Crippen molar-refractivity contribution in [1.29, 1.82) is 0 Å². The van der Waals surface area contributed by atoms with Gasteiger partial charge >= 0.3 is 0 Å². The summed E-state index contributed by atoms with van der Waals surface area (Å²) in [6.07, 6.45) is 0. The Morgan fingerprint density at radius 1 is 1.18 bits per heavy atom. The van der Waals surface area contributed by atoms with Gasteiger partial charge in [0.25, 0.3) is 15.7 Å². The second-order valence-electron chi connectivity index (χ2n) is 4.21. The minimum atomic E-state index is -3.85. The Bertz CT molecular complexity index is 806. The molecule has 0 saturated heterocycles. The number of nitrogens with zero attached hydrogens (tertiary/aromatic N) is 1. The molecule has 0 aliphatic heterocycles. The van der Waals surface area contributed by atoms with Gasteiger partial charge in [-0.2, -0.15) is 0 Å². The van der Waals surface area contributed by atoms with Crippen molar-refractivity contribution in [1.82, 2.24) is 0 Å². The topological polar surface area (TPSA) is 98.5 Å². The van der Waals surface area contributed by atoms with Gasteiger partial charge in [-0.1, -0.05) is 11.6 Å². The molecule has 0 radical (unpaired) electrons. The van der Waals surface area contributed by atoms with Gasteiger partial charge in [0.05, 0.1) is 22.0 Å². The van der Waals surface area contributed by atoms with E-state index in [1.165, 1.54) is 49.6 Å². The Labute approximate surface area is 131 Å². The number of rotatable bonds is 5. The van der Waals surface area contributed by atoms with Gasteiger partial charge in [0.15, 0.2) is 0 Å². The molecule has 7 nitrogen and oxygen atoms in total. The molecule has 0 aromatic heterocycles. The van der Waals surface area contributed by atoms with Gasteiger partial charge in [-0.3, -0.25) is 14.8 Å². The molecule has 2 rings (SSSR count). The van der Waals surface area contributed by atoms with E-state index < -0.39 is 14.9 Å². The van der Waals surface area contributed by atoms with Crippen molar-refractivity contribution in [3.05, 3.63) is 57.6 Å². The molecule has 0 amide bonds. The van der Waals surface area contributed by atoms with Crippen LogP contribution in [0, 0.1) is 10.1 Å². The first kappa shape index (κ1) is 16.1. The minimum absolute atomic E-state index is 0.0448. The number of non-ortho nitro benzene ring substituents is 1. The Morgan fingerprint density at radius 3 is 2.32 bits per heavy atom. The largest absolute Gasteiger partial charge is 0.495 e. The fourth-order valence-electron chi connectivity index (χ4n) is 1.68. The molecular formula is C13H11ClN2O5S. The molecule has 9 heteroatoms. The number of anilines is 1. The van der Waals surface area contributed by atoms with Crippen molar-refractivity contribution in [2.45, 2.75) is 4.90 Å². The standard InChI is InChI=1S/C13H11ClN2O5S/c1-21-13-7-6-11(8-12(13)14)22(19,20)15-9-2-4-10(5-3-9)16(17)18/h2-8,15H,1H3. The molecule has 0 fully saturated rings. The summed E-state index contributed by atoms with van der Waals surface area (Å²) in [5.74, 6) is 0.357. The predicted octanol–water partition coefficient (Wildman–Crippen LogP) is 3.06. The number of nitro groups is 1. The molecule has 22 heavy (non-hydrogen) atoms. The molecule has 0 heterocycles. The normalized spacial score (nSPS) is 11.0. The van der Waals surface area contributed by atoms with Crippen LogP contribution in [-0.2, 0) is 10.0 Å². The Morgan fingerprint density at radius 2 is 1.82 bits per heavy atom. The van der Waals surface area contributed by atoms with Crippen LogP contribution in [-0.4, -0.2) is 20.5 Å². The van der Waals surface area contributed by atoms with Crippen molar-refractivity contribution in [3.63, 3.8) is 0 Å². The van der Waals surface area contributed by atoms with Gasteiger partial charge in [-0.25, -0.2) is 8.42 Å². The number of halogens is 1. The summed E-state index contributed by atoms with van der Waals surface area (Å²) in [6, 6.07) is 9.07. The summed E-state index contributed by atoms with van der Waals surface area (Å²) >= 11 is 5.90. The molecule has 116 valence electrons. The molecule has 1 N–H and O–H groups in total. The SMILES string of the molecule is COc1ccc(S(=O)(=O)Nc2ccc([N+](=O)[O-])cc2)cc1Cl. The quantitative estimate of drug-likeness (QED) is 0.665. The van der Waals surface area contributed by atoms with Crippen LogP contribution >= 0.6 is 11.6 Å². The summed E-state index contributed by atoms with van der Waals surface area (Å²) in [6.45, 7) is 0. The van der Waals surface area contributed by atoms with Gasteiger partial charge in [0.1, 0.15) is 5.75 Å². The highest BCUT2D eigenvalue weighted by Crippen LogP contribution is 2.28. The van der Waals surface area contributed by atoms with Crippen molar-refractivity contribution >= 4 is 33.0 Å². The lowest BCUT2D eigenvalue weighted by Crippen LogP contribution is -2.13. The smallest absolute Gasteiger partial charge is 0.269 e. The van der Waals surface area contributed by atoms with E-state index >= 15 is 0 Å². The Kier molecular flexibility index (Phi) is 4.53. The number of nitrogens with one attached hydrogen (secondary N) is 1. The molecular weight excluding hydrogens is 332 g/mol. The number of methoxy groups -OCH3 is 1. The highest BCUT2D eigenvalue weighted by Gasteiger charge is 2.16. The molecule has 2 aromatic carbocycles. The van der Waals surface area contributed by atoms with Crippen LogP contribution in [0.4, 0.5) is 11.4 Å². The maximum absolute atomic E-state index is 12.2. The molecule has 2 aromatic rings. The van der Waals surface area contributed by atoms with Crippen LogP contribution < -0.4 is 9.46 Å². The number of nitro benzene ring substituents is 1. The molecule has 0 atom stereocenters. The van der Waals surface area contributed by atoms with E-state index in [1.54, 1.807) is 0 Å². The highest BCUT2D eigenvalue weighted by molar-refractivity contribution is 7.92. The first-order valence-corrected chi connectivity index (χ1v) is 7.80. The van der Waals surface area contributed by atoms with Crippen LogP contribution in [0.1, 0.15) is 0 Å². The average Bonchev–Trinajstić information content (AvgIpc) is 2.47. The van der Waals surface area contributed by atoms with Gasteiger partial charge in [0.2, 0.25) is 0 Å². The number of ether oxygens (including phenoxy) is 1. The lowest BCUT2D eigenvalue weighted by Gasteiger charge is -2.09. The highest BCUT2D eigenvalue weighted by atomic mass is 35.5. The first-order valence-electron chi connectivity index (χ1n) is 5.94. The van der Waals surface area contributed by atoms with E-state index in [2.05, 4.69) is 4.72 Å². The van der Waals surface area contributed by atoms with Gasteiger partial charge in [-0.05, 0) is 30.3 Å². The minimum Gasteiger partial charge on any atom is -0.495 e. The zero-order valence-corrected chi connectivity index (χ0v) is 12.9. The van der Waals surface area contributed by atoms with Crippen LogP contribution in [0.15, 0.2) is 47.4 Å². The van der Waals surface area contributed by atoms with Crippen molar-refractivity contribution < 1.29 is 18.1 Å². The first-order chi connectivity index (χ1) is 10.3. The van der Waals surface area contributed by atoms with Crippen LogP contribution in [0.2, 0.25) is 5.02 Å². The number of sulfonamides is 1. The molecule has 0 aliphatic rings. The molecule has 0 unspecified atom stereocenters. The third-order valence-corrected chi connectivity index (χ3v) is 4.44. The third kappa shape index (κ3) is 3.46. The molecule has 0 saturated carbocycles. The van der Waals surface area contributed by atoms with E-state index in [0.717, 1.165) is 0 Å². The van der Waals surface area contributed by atoms with Crippen LogP contribution in [0.25, 0.3) is 0 Å². The Balaban J connectivity index is 2.27. The van der Waals surface area contributed by atoms with Crippen molar-refractivity contribution in [2.75, 3.05) is 11.8 Å². The van der Waals surface area contributed by atoms with E-state index in [0.29, 0.717) is 5.75 Å². The fraction of sp³-hybridized carbons (Fsp3) is 0.0769. The maximum atomic E-state index is 12.2. The lowest BCUT2D eigenvalue weighted by atomic mass is 10.3. The monoisotopic (exact) mass is 342 g/mol. The van der Waals surface area contributed by atoms with Crippen LogP contribution in [0.3, 0.4) is 0 Å². The number of hydrogen-bond donors (Lipinski definition) is 1. The van der Waals surface area contributed by atoms with Crippen molar-refractivity contribution in [2.24, 2.45) is 0 Å². The summed E-state index contributed by atoms with van der Waals surface area (Å²) < 4.78 is 31.7. The third-order valence-electron chi connectivity index (χ3n) is 2.76. The Hall–Kier alpha value is -2.32. The zero-order chi connectivity index (χ0) is 16.3. The van der Waals surface area contributed by atoms with Crippen LogP contribution in [0.5, 0.6) is 5.75 Å². The van der Waals surface area contributed by atoms with Gasteiger partial charge in [0, 0.05) is 17.8 Å². The van der Waals surface area contributed by atoms with E-state index in [4.69, 9.17) is 16.3 Å². The van der Waals surface area contributed by atoms with E-state index in [-0.39, 0.29) is 21.3 Å². The molecule has 0 spiro atoms. The summed E-state index contributed by atoms with van der Waals surface area (Å²) in [4.78, 5) is 9.94. The summed E-state index contributed by atoms with van der Waals surface area (Å²) in [5, 5.41) is 10.7.